The Balaban J connectivity index is 1.81. The molecule has 1 heterocycles. The highest BCUT2D eigenvalue weighted by atomic mass is 19.1. The van der Waals surface area contributed by atoms with Crippen LogP contribution < -0.4 is 0 Å². The highest BCUT2D eigenvalue weighted by molar-refractivity contribution is 5.50. The summed E-state index contributed by atoms with van der Waals surface area (Å²) in [6.45, 7) is 8.36. The van der Waals surface area contributed by atoms with Crippen molar-refractivity contribution in [3.8, 4) is 0 Å². The van der Waals surface area contributed by atoms with Crippen LogP contribution in [0.15, 0.2) is 61.2 Å². The van der Waals surface area contributed by atoms with Crippen LogP contribution in [0.4, 0.5) is 8.78 Å². The average molecular weight is 426 g/mol. The lowest BCUT2D eigenvalue weighted by atomic mass is 9.80. The molecule has 0 fully saturated rings. The third kappa shape index (κ3) is 5.44. The number of allylic oxidation sites excluding steroid dienone is 1. The highest BCUT2D eigenvalue weighted by Crippen LogP contribution is 2.36. The number of halogens is 2. The molecule has 1 N–H and O–H groups in total. The Bertz CT molecular complexity index is 1020. The van der Waals surface area contributed by atoms with Gasteiger partial charge in [0.1, 0.15) is 29.9 Å². The van der Waals surface area contributed by atoms with E-state index in [9.17, 15) is 13.9 Å². The van der Waals surface area contributed by atoms with E-state index in [4.69, 9.17) is 0 Å². The van der Waals surface area contributed by atoms with Crippen molar-refractivity contribution < 1.29 is 13.9 Å². The van der Waals surface area contributed by atoms with E-state index in [1.165, 1.54) is 29.0 Å². The van der Waals surface area contributed by atoms with Gasteiger partial charge in [0.25, 0.3) is 0 Å². The van der Waals surface area contributed by atoms with Crippen LogP contribution in [0.25, 0.3) is 6.08 Å². The minimum absolute atomic E-state index is 0.00480. The summed E-state index contributed by atoms with van der Waals surface area (Å²) in [4.78, 5) is 3.89. The van der Waals surface area contributed by atoms with E-state index in [2.05, 4.69) is 55.1 Å². The molecule has 0 aliphatic rings. The van der Waals surface area contributed by atoms with Gasteiger partial charge in [-0.2, -0.15) is 5.10 Å². The van der Waals surface area contributed by atoms with E-state index < -0.39 is 17.2 Å². The number of nitrogens with zero attached hydrogens (tertiary/aromatic N) is 3. The van der Waals surface area contributed by atoms with Gasteiger partial charge in [-0.05, 0) is 34.9 Å². The highest BCUT2D eigenvalue weighted by Gasteiger charge is 2.38. The van der Waals surface area contributed by atoms with Gasteiger partial charge in [-0.3, -0.25) is 0 Å². The molecular weight excluding hydrogens is 396 g/mol. The minimum Gasteiger partial charge on any atom is -0.383 e. The fraction of sp³-hybridized carbons (Fsp3) is 0.360. The average Bonchev–Trinajstić information content (AvgIpc) is 3.20. The first-order valence-corrected chi connectivity index (χ1v) is 10.4. The largest absolute Gasteiger partial charge is 0.383 e. The van der Waals surface area contributed by atoms with Gasteiger partial charge in [0.15, 0.2) is 0 Å². The Hall–Kier alpha value is -2.86. The number of rotatable bonds is 7. The maximum Gasteiger partial charge on any atom is 0.137 e. The van der Waals surface area contributed by atoms with Crippen molar-refractivity contribution in [3.05, 3.63) is 89.5 Å². The lowest BCUT2D eigenvalue weighted by Gasteiger charge is -2.34. The molecule has 0 radical (unpaired) electrons. The van der Waals surface area contributed by atoms with Gasteiger partial charge in [0.2, 0.25) is 0 Å². The molecule has 0 saturated heterocycles. The van der Waals surface area contributed by atoms with Gasteiger partial charge in [0.05, 0.1) is 6.54 Å². The molecule has 0 saturated carbocycles. The quantitative estimate of drug-likeness (QED) is 0.545. The van der Waals surface area contributed by atoms with Crippen LogP contribution in [0.5, 0.6) is 0 Å². The first-order valence-electron chi connectivity index (χ1n) is 10.4. The van der Waals surface area contributed by atoms with E-state index in [0.29, 0.717) is 6.42 Å². The first-order chi connectivity index (χ1) is 14.6. The van der Waals surface area contributed by atoms with Crippen LogP contribution in [-0.2, 0) is 17.6 Å². The number of aliphatic hydroxyl groups is 1. The molecule has 0 aliphatic carbocycles. The summed E-state index contributed by atoms with van der Waals surface area (Å²) in [5.74, 6) is -1.84. The SMILES string of the molecule is C[C@@H](C/C=C/c1ccc(C(C)(C)C)cc1)[C@](O)(Cn1cncn1)c1ccc(F)cc1F. The van der Waals surface area contributed by atoms with Gasteiger partial charge in [-0.1, -0.05) is 70.2 Å². The monoisotopic (exact) mass is 425 g/mol. The van der Waals surface area contributed by atoms with Gasteiger partial charge < -0.3 is 5.11 Å². The van der Waals surface area contributed by atoms with Gasteiger partial charge in [0, 0.05) is 11.6 Å². The Morgan fingerprint density at radius 2 is 1.81 bits per heavy atom. The maximum atomic E-state index is 14.6. The standard InChI is InChI=1S/C25H29F2N3O/c1-18(6-5-7-19-8-10-20(11-9-19)24(2,3)4)25(31,15-30-17-28-16-29-30)22-13-12-21(26)14-23(22)27/h5,7-14,16-18,31H,6,15H2,1-4H3/b7-5+/t18-,25+/m0/s1. The summed E-state index contributed by atoms with van der Waals surface area (Å²) in [7, 11) is 0. The van der Waals surface area contributed by atoms with Crippen molar-refractivity contribution in [2.24, 2.45) is 5.92 Å². The van der Waals surface area contributed by atoms with E-state index in [0.717, 1.165) is 17.7 Å². The lowest BCUT2D eigenvalue weighted by molar-refractivity contribution is -0.0379. The predicted molar refractivity (Wildman–Crippen MR) is 118 cm³/mol. The number of aromatic nitrogens is 3. The third-order valence-electron chi connectivity index (χ3n) is 5.66. The second-order valence-electron chi connectivity index (χ2n) is 9.05. The zero-order valence-electron chi connectivity index (χ0n) is 18.4. The van der Waals surface area contributed by atoms with Crippen LogP contribution in [0.1, 0.15) is 50.8 Å². The number of hydrogen-bond donors (Lipinski definition) is 1. The van der Waals surface area contributed by atoms with Crippen molar-refractivity contribution >= 4 is 6.08 Å². The van der Waals surface area contributed by atoms with Crippen LogP contribution in [0.2, 0.25) is 0 Å². The topological polar surface area (TPSA) is 50.9 Å². The number of benzene rings is 2. The van der Waals surface area contributed by atoms with E-state index in [-0.39, 0.29) is 23.4 Å². The van der Waals surface area contributed by atoms with Crippen molar-refractivity contribution in [3.63, 3.8) is 0 Å². The Labute approximate surface area is 182 Å². The first kappa shape index (κ1) is 22.8. The Kier molecular flexibility index (Phi) is 6.70. The summed E-state index contributed by atoms with van der Waals surface area (Å²) in [6.07, 6.45) is 7.26. The molecule has 0 bridgehead atoms. The molecule has 0 spiro atoms. The molecule has 6 heteroatoms. The molecule has 0 aliphatic heterocycles. The van der Waals surface area contributed by atoms with Crippen LogP contribution in [-0.4, -0.2) is 19.9 Å². The second kappa shape index (κ2) is 9.10. The van der Waals surface area contributed by atoms with E-state index >= 15 is 0 Å². The molecule has 1 aromatic heterocycles. The summed E-state index contributed by atoms with van der Waals surface area (Å²) < 4.78 is 29.5. The van der Waals surface area contributed by atoms with Crippen molar-refractivity contribution in [1.29, 1.82) is 0 Å². The van der Waals surface area contributed by atoms with Gasteiger partial charge in [-0.25, -0.2) is 18.4 Å². The van der Waals surface area contributed by atoms with Gasteiger partial charge >= 0.3 is 0 Å². The summed E-state index contributed by atoms with van der Waals surface area (Å²) in [5.41, 5.74) is 0.847. The molecular formula is C25H29F2N3O. The zero-order chi connectivity index (χ0) is 22.6. The normalized spacial score (nSPS) is 15.2. The second-order valence-corrected chi connectivity index (χ2v) is 9.05. The summed E-state index contributed by atoms with van der Waals surface area (Å²) in [6, 6.07) is 11.6. The van der Waals surface area contributed by atoms with Crippen LogP contribution >= 0.6 is 0 Å². The van der Waals surface area contributed by atoms with Crippen molar-refractivity contribution in [2.45, 2.75) is 51.7 Å². The van der Waals surface area contributed by atoms with Crippen LogP contribution in [0.3, 0.4) is 0 Å². The molecule has 3 aromatic rings. The molecule has 4 nitrogen and oxygen atoms in total. The Morgan fingerprint density at radius 3 is 2.39 bits per heavy atom. The summed E-state index contributed by atoms with van der Waals surface area (Å²) in [5, 5.41) is 15.6. The third-order valence-corrected chi connectivity index (χ3v) is 5.66. The molecule has 2 aromatic carbocycles. The molecule has 2 atom stereocenters. The minimum atomic E-state index is -1.59. The molecule has 0 amide bonds. The lowest BCUT2D eigenvalue weighted by Crippen LogP contribution is -2.39. The number of hydrogen-bond acceptors (Lipinski definition) is 3. The van der Waals surface area contributed by atoms with Crippen LogP contribution in [0, 0.1) is 17.6 Å². The van der Waals surface area contributed by atoms with E-state index in [1.54, 1.807) is 0 Å². The Morgan fingerprint density at radius 1 is 1.10 bits per heavy atom. The maximum absolute atomic E-state index is 14.6. The molecule has 31 heavy (non-hydrogen) atoms. The zero-order valence-corrected chi connectivity index (χ0v) is 18.4. The van der Waals surface area contributed by atoms with Gasteiger partial charge in [-0.15, -0.1) is 0 Å². The molecule has 3 rings (SSSR count). The van der Waals surface area contributed by atoms with Crippen molar-refractivity contribution in [1.82, 2.24) is 14.8 Å². The van der Waals surface area contributed by atoms with E-state index in [1.807, 2.05) is 19.1 Å². The summed E-state index contributed by atoms with van der Waals surface area (Å²) >= 11 is 0. The molecule has 0 unspecified atom stereocenters. The fourth-order valence-corrected chi connectivity index (χ4v) is 3.61. The fourth-order valence-electron chi connectivity index (χ4n) is 3.61. The molecule has 164 valence electrons. The smallest absolute Gasteiger partial charge is 0.137 e. The van der Waals surface area contributed by atoms with Crippen molar-refractivity contribution in [2.75, 3.05) is 0 Å². The predicted octanol–water partition coefficient (Wildman–Crippen LogP) is 5.48.